The third kappa shape index (κ3) is 2.81. The Balaban J connectivity index is 2.12. The molecular formula is C14H17N3. The molecule has 0 saturated heterocycles. The normalized spacial score (nSPS) is 10.3. The van der Waals surface area contributed by atoms with Crippen molar-refractivity contribution in [1.29, 1.82) is 0 Å². The molecule has 0 aliphatic rings. The van der Waals surface area contributed by atoms with Crippen LogP contribution in [0.4, 0.5) is 5.82 Å². The summed E-state index contributed by atoms with van der Waals surface area (Å²) in [5, 5.41) is 3.34. The summed E-state index contributed by atoms with van der Waals surface area (Å²) in [6, 6.07) is 8.35. The van der Waals surface area contributed by atoms with Crippen LogP contribution in [-0.2, 0) is 6.54 Å². The number of aromatic nitrogens is 2. The Bertz CT molecular complexity index is 521. The maximum atomic E-state index is 4.44. The predicted molar refractivity (Wildman–Crippen MR) is 70.0 cm³/mol. The molecule has 1 aromatic carbocycles. The van der Waals surface area contributed by atoms with Crippen LogP contribution in [0.25, 0.3) is 0 Å². The Hall–Kier alpha value is -1.90. The van der Waals surface area contributed by atoms with Gasteiger partial charge in [-0.1, -0.05) is 24.3 Å². The van der Waals surface area contributed by atoms with Crippen LogP contribution < -0.4 is 5.32 Å². The van der Waals surface area contributed by atoms with E-state index in [1.54, 1.807) is 6.20 Å². The van der Waals surface area contributed by atoms with Gasteiger partial charge in [-0.2, -0.15) is 0 Å². The predicted octanol–water partition coefficient (Wildman–Crippen LogP) is 3.01. The Kier molecular flexibility index (Phi) is 3.38. The molecule has 0 atom stereocenters. The van der Waals surface area contributed by atoms with Gasteiger partial charge in [0.05, 0.1) is 11.4 Å². The first kappa shape index (κ1) is 11.6. The monoisotopic (exact) mass is 227 g/mol. The highest BCUT2D eigenvalue weighted by atomic mass is 15.0. The van der Waals surface area contributed by atoms with Gasteiger partial charge in [0, 0.05) is 12.7 Å². The first-order valence-electron chi connectivity index (χ1n) is 5.75. The minimum atomic E-state index is 0.783. The highest BCUT2D eigenvalue weighted by molar-refractivity contribution is 5.41. The number of benzene rings is 1. The number of hydrogen-bond acceptors (Lipinski definition) is 3. The van der Waals surface area contributed by atoms with E-state index in [-0.39, 0.29) is 0 Å². The molecule has 2 rings (SSSR count). The van der Waals surface area contributed by atoms with E-state index >= 15 is 0 Å². The molecule has 0 fully saturated rings. The van der Waals surface area contributed by atoms with Crippen molar-refractivity contribution in [1.82, 2.24) is 9.97 Å². The zero-order valence-electron chi connectivity index (χ0n) is 10.5. The van der Waals surface area contributed by atoms with Crippen molar-refractivity contribution in [3.8, 4) is 0 Å². The maximum Gasteiger partial charge on any atom is 0.148 e. The quantitative estimate of drug-likeness (QED) is 0.875. The number of hydrogen-bond donors (Lipinski definition) is 1. The van der Waals surface area contributed by atoms with Crippen LogP contribution in [0.2, 0.25) is 0 Å². The Morgan fingerprint density at radius 2 is 1.88 bits per heavy atom. The Labute approximate surface area is 102 Å². The lowest BCUT2D eigenvalue weighted by Crippen LogP contribution is -2.06. The van der Waals surface area contributed by atoms with Gasteiger partial charge >= 0.3 is 0 Å². The minimum absolute atomic E-state index is 0.783. The van der Waals surface area contributed by atoms with Crippen molar-refractivity contribution in [2.75, 3.05) is 5.32 Å². The van der Waals surface area contributed by atoms with Gasteiger partial charge in [0.15, 0.2) is 0 Å². The lowest BCUT2D eigenvalue weighted by molar-refractivity contribution is 1.01. The topological polar surface area (TPSA) is 37.8 Å². The van der Waals surface area contributed by atoms with Gasteiger partial charge < -0.3 is 5.32 Å². The van der Waals surface area contributed by atoms with Crippen LogP contribution in [0, 0.1) is 20.8 Å². The van der Waals surface area contributed by atoms with Crippen molar-refractivity contribution in [3.05, 3.63) is 53.0 Å². The highest BCUT2D eigenvalue weighted by Gasteiger charge is 2.02. The molecule has 0 unspecified atom stereocenters. The van der Waals surface area contributed by atoms with Crippen LogP contribution in [0.3, 0.4) is 0 Å². The Morgan fingerprint density at radius 3 is 2.65 bits per heavy atom. The molecule has 0 amide bonds. The summed E-state index contributed by atoms with van der Waals surface area (Å²) in [6.45, 7) is 6.81. The van der Waals surface area contributed by atoms with Gasteiger partial charge in [-0.05, 0) is 31.9 Å². The van der Waals surface area contributed by atoms with Gasteiger partial charge in [0.1, 0.15) is 5.82 Å². The van der Waals surface area contributed by atoms with E-state index in [2.05, 4.69) is 46.5 Å². The fourth-order valence-electron chi connectivity index (χ4n) is 1.69. The molecule has 2 aromatic rings. The van der Waals surface area contributed by atoms with E-state index in [0.29, 0.717) is 0 Å². The number of anilines is 1. The van der Waals surface area contributed by atoms with Gasteiger partial charge in [-0.25, -0.2) is 4.98 Å². The molecular weight excluding hydrogens is 210 g/mol. The molecule has 88 valence electrons. The molecule has 1 aromatic heterocycles. The average Bonchev–Trinajstić information content (AvgIpc) is 2.32. The van der Waals surface area contributed by atoms with E-state index in [1.165, 1.54) is 11.1 Å². The van der Waals surface area contributed by atoms with Crippen molar-refractivity contribution in [3.63, 3.8) is 0 Å². The second-order valence-corrected chi connectivity index (χ2v) is 4.23. The maximum absolute atomic E-state index is 4.44. The second kappa shape index (κ2) is 4.95. The summed E-state index contributed by atoms with van der Waals surface area (Å²) in [6.07, 6.45) is 1.79. The molecule has 0 bridgehead atoms. The first-order valence-corrected chi connectivity index (χ1v) is 5.75. The van der Waals surface area contributed by atoms with E-state index < -0.39 is 0 Å². The molecule has 3 nitrogen and oxygen atoms in total. The van der Waals surface area contributed by atoms with Crippen molar-refractivity contribution >= 4 is 5.82 Å². The second-order valence-electron chi connectivity index (χ2n) is 4.23. The molecule has 0 saturated carbocycles. The molecule has 0 spiro atoms. The molecule has 17 heavy (non-hydrogen) atoms. The molecule has 1 N–H and O–H groups in total. The summed E-state index contributed by atoms with van der Waals surface area (Å²) in [5.41, 5.74) is 4.44. The van der Waals surface area contributed by atoms with Crippen LogP contribution in [-0.4, -0.2) is 9.97 Å². The van der Waals surface area contributed by atoms with Crippen molar-refractivity contribution < 1.29 is 0 Å². The number of aryl methyl sites for hydroxylation is 3. The first-order chi connectivity index (χ1) is 8.16. The zero-order chi connectivity index (χ0) is 12.3. The Morgan fingerprint density at radius 1 is 1.12 bits per heavy atom. The minimum Gasteiger partial charge on any atom is -0.364 e. The molecule has 0 radical (unpaired) electrons. The van der Waals surface area contributed by atoms with E-state index in [4.69, 9.17) is 0 Å². The van der Waals surface area contributed by atoms with Crippen LogP contribution in [0.1, 0.15) is 22.5 Å². The fraction of sp³-hybridized carbons (Fsp3) is 0.286. The lowest BCUT2D eigenvalue weighted by atomic mass is 10.1. The van der Waals surface area contributed by atoms with Crippen LogP contribution in [0.5, 0.6) is 0 Å². The molecule has 3 heteroatoms. The average molecular weight is 227 g/mol. The summed E-state index contributed by atoms with van der Waals surface area (Å²) in [7, 11) is 0. The molecule has 0 aliphatic carbocycles. The fourth-order valence-corrected chi connectivity index (χ4v) is 1.69. The SMILES string of the molecule is Cc1cnc(C)c(NCc2ccccc2C)n1. The number of nitrogens with one attached hydrogen (secondary N) is 1. The van der Waals surface area contributed by atoms with Crippen LogP contribution in [0.15, 0.2) is 30.5 Å². The van der Waals surface area contributed by atoms with Gasteiger partial charge in [-0.15, -0.1) is 0 Å². The highest BCUT2D eigenvalue weighted by Crippen LogP contribution is 2.12. The van der Waals surface area contributed by atoms with Gasteiger partial charge in [0.25, 0.3) is 0 Å². The smallest absolute Gasteiger partial charge is 0.148 e. The van der Waals surface area contributed by atoms with E-state index in [9.17, 15) is 0 Å². The third-order valence-electron chi connectivity index (χ3n) is 2.78. The van der Waals surface area contributed by atoms with Gasteiger partial charge in [-0.3, -0.25) is 4.98 Å². The van der Waals surface area contributed by atoms with Crippen molar-refractivity contribution in [2.24, 2.45) is 0 Å². The lowest BCUT2D eigenvalue weighted by Gasteiger charge is -2.10. The van der Waals surface area contributed by atoms with Gasteiger partial charge in [0.2, 0.25) is 0 Å². The number of nitrogens with zero attached hydrogens (tertiary/aromatic N) is 2. The summed E-state index contributed by atoms with van der Waals surface area (Å²) < 4.78 is 0. The van der Waals surface area contributed by atoms with E-state index in [0.717, 1.165) is 23.8 Å². The largest absolute Gasteiger partial charge is 0.364 e. The summed E-state index contributed by atoms with van der Waals surface area (Å²) in [4.78, 5) is 8.73. The summed E-state index contributed by atoms with van der Waals surface area (Å²) in [5.74, 6) is 0.869. The third-order valence-corrected chi connectivity index (χ3v) is 2.78. The number of rotatable bonds is 3. The summed E-state index contributed by atoms with van der Waals surface area (Å²) >= 11 is 0. The molecule has 1 heterocycles. The molecule has 0 aliphatic heterocycles. The standard InChI is InChI=1S/C14H17N3/c1-10-6-4-5-7-13(10)9-16-14-12(3)15-8-11(2)17-14/h4-8H,9H2,1-3H3,(H,16,17). The zero-order valence-corrected chi connectivity index (χ0v) is 10.5. The van der Waals surface area contributed by atoms with Crippen LogP contribution >= 0.6 is 0 Å². The van der Waals surface area contributed by atoms with Crippen molar-refractivity contribution in [2.45, 2.75) is 27.3 Å². The van der Waals surface area contributed by atoms with E-state index in [1.807, 2.05) is 13.8 Å².